The molecule has 1 aromatic heterocycles. The van der Waals surface area contributed by atoms with Gasteiger partial charge in [0.2, 0.25) is 11.8 Å². The van der Waals surface area contributed by atoms with Crippen LogP contribution in [0.25, 0.3) is 0 Å². The zero-order chi connectivity index (χ0) is 19.4. The molecule has 1 aliphatic heterocycles. The lowest BCUT2D eigenvalue weighted by Gasteiger charge is -2.30. The molecule has 1 aliphatic rings. The monoisotopic (exact) mass is 388 g/mol. The topological polar surface area (TPSA) is 67.9 Å². The van der Waals surface area contributed by atoms with Crippen LogP contribution in [0.2, 0.25) is 0 Å². The Labute approximate surface area is 163 Å². The Morgan fingerprint density at radius 3 is 2.56 bits per heavy atom. The maximum atomic E-state index is 13.4. The summed E-state index contributed by atoms with van der Waals surface area (Å²) in [6.45, 7) is 6.70. The van der Waals surface area contributed by atoms with Crippen LogP contribution in [0.15, 0.2) is 35.7 Å². The Bertz CT molecular complexity index is 804. The van der Waals surface area contributed by atoms with E-state index in [1.54, 1.807) is 16.2 Å². The van der Waals surface area contributed by atoms with Gasteiger partial charge in [0.05, 0.1) is 6.54 Å². The van der Waals surface area contributed by atoms with E-state index in [0.29, 0.717) is 36.9 Å². The quantitative estimate of drug-likeness (QED) is 0.825. The second-order valence-corrected chi connectivity index (χ2v) is 7.79. The second kappa shape index (κ2) is 8.43. The maximum Gasteiger partial charge on any atom is 0.250 e. The Hall–Kier alpha value is -2.54. The van der Waals surface area contributed by atoms with Crippen molar-refractivity contribution < 1.29 is 19.1 Å². The van der Waals surface area contributed by atoms with E-state index in [2.05, 4.69) is 5.32 Å². The highest BCUT2D eigenvalue weighted by Crippen LogP contribution is 2.35. The van der Waals surface area contributed by atoms with Gasteiger partial charge in [-0.2, -0.15) is 0 Å². The molecule has 0 saturated heterocycles. The Balaban J connectivity index is 1.95. The zero-order valence-corrected chi connectivity index (χ0v) is 16.5. The van der Waals surface area contributed by atoms with Crippen LogP contribution in [-0.4, -0.2) is 31.1 Å². The van der Waals surface area contributed by atoms with Gasteiger partial charge < -0.3 is 19.7 Å². The van der Waals surface area contributed by atoms with Crippen LogP contribution in [0.5, 0.6) is 11.5 Å². The van der Waals surface area contributed by atoms with E-state index in [1.807, 2.05) is 49.6 Å². The van der Waals surface area contributed by atoms with Crippen molar-refractivity contribution >= 4 is 28.8 Å². The first-order valence-electron chi connectivity index (χ1n) is 8.96. The molecule has 0 fully saturated rings. The average molecular weight is 388 g/mol. The molecule has 7 heteroatoms. The number of anilines is 1. The molecule has 27 heavy (non-hydrogen) atoms. The zero-order valence-electron chi connectivity index (χ0n) is 15.7. The smallest absolute Gasteiger partial charge is 0.250 e. The van der Waals surface area contributed by atoms with Crippen LogP contribution < -0.4 is 19.7 Å². The number of fused-ring (bicyclic) bond motifs is 1. The lowest BCUT2D eigenvalue weighted by Crippen LogP contribution is -2.50. The summed E-state index contributed by atoms with van der Waals surface area (Å²) in [6, 6.07) is 8.85. The van der Waals surface area contributed by atoms with Crippen molar-refractivity contribution in [3.63, 3.8) is 0 Å². The molecule has 0 bridgehead atoms. The molecule has 2 heterocycles. The molecular weight excluding hydrogens is 364 g/mol. The molecule has 2 aromatic rings. The number of carbonyl (C=O) groups excluding carboxylic acids is 2. The number of nitrogens with one attached hydrogen (secondary N) is 1. The van der Waals surface area contributed by atoms with Gasteiger partial charge in [-0.15, -0.1) is 11.3 Å². The first-order chi connectivity index (χ1) is 13.0. The fourth-order valence-electron chi connectivity index (χ4n) is 2.96. The first-order valence-corrected chi connectivity index (χ1v) is 9.84. The van der Waals surface area contributed by atoms with Gasteiger partial charge in [-0.1, -0.05) is 19.9 Å². The predicted molar refractivity (Wildman–Crippen MR) is 105 cm³/mol. The van der Waals surface area contributed by atoms with E-state index in [9.17, 15) is 9.59 Å². The standard InChI is InChI=1S/C20H24N2O4S/c1-13(2)19(21-14(3)23)20(24)22(12-16-5-4-10-27-16)15-6-7-17-18(11-15)26-9-8-25-17/h4-7,10-11,13,19H,8-9,12H2,1-3H3,(H,21,23). The maximum absolute atomic E-state index is 13.4. The molecule has 0 saturated carbocycles. The van der Waals surface area contributed by atoms with Crippen molar-refractivity contribution in [1.29, 1.82) is 0 Å². The molecular formula is C20H24N2O4S. The molecule has 0 aliphatic carbocycles. The van der Waals surface area contributed by atoms with Crippen LogP contribution in [0, 0.1) is 5.92 Å². The Morgan fingerprint density at radius 1 is 1.19 bits per heavy atom. The summed E-state index contributed by atoms with van der Waals surface area (Å²) in [5.41, 5.74) is 0.716. The van der Waals surface area contributed by atoms with Gasteiger partial charge in [-0.05, 0) is 29.5 Å². The third-order valence-electron chi connectivity index (χ3n) is 4.29. The number of carbonyl (C=O) groups is 2. The third kappa shape index (κ3) is 4.60. The molecule has 3 rings (SSSR count). The molecule has 1 unspecified atom stereocenters. The molecule has 1 aromatic carbocycles. The number of benzene rings is 1. The molecule has 144 valence electrons. The third-order valence-corrected chi connectivity index (χ3v) is 5.15. The Morgan fingerprint density at radius 2 is 1.93 bits per heavy atom. The molecule has 0 radical (unpaired) electrons. The molecule has 1 atom stereocenters. The van der Waals surface area contributed by atoms with Crippen molar-refractivity contribution in [2.24, 2.45) is 5.92 Å². The average Bonchev–Trinajstić information content (AvgIpc) is 3.16. The number of ether oxygens (including phenoxy) is 2. The van der Waals surface area contributed by atoms with Crippen molar-refractivity contribution in [1.82, 2.24) is 5.32 Å². The summed E-state index contributed by atoms with van der Waals surface area (Å²) in [5.74, 6) is 0.897. The van der Waals surface area contributed by atoms with E-state index in [0.717, 1.165) is 4.88 Å². The van der Waals surface area contributed by atoms with Gasteiger partial charge in [0, 0.05) is 23.6 Å². The lowest BCUT2D eigenvalue weighted by atomic mass is 10.0. The summed E-state index contributed by atoms with van der Waals surface area (Å²) in [7, 11) is 0. The SMILES string of the molecule is CC(=O)NC(C(=O)N(Cc1cccs1)c1ccc2c(c1)OCCO2)C(C)C. The summed E-state index contributed by atoms with van der Waals surface area (Å²) in [4.78, 5) is 27.7. The first kappa shape index (κ1) is 19.2. The number of hydrogen-bond acceptors (Lipinski definition) is 5. The van der Waals surface area contributed by atoms with Gasteiger partial charge in [0.1, 0.15) is 19.3 Å². The summed E-state index contributed by atoms with van der Waals surface area (Å²) >= 11 is 1.59. The van der Waals surface area contributed by atoms with Gasteiger partial charge >= 0.3 is 0 Å². The van der Waals surface area contributed by atoms with Crippen LogP contribution in [0.4, 0.5) is 5.69 Å². The number of thiophene rings is 1. The number of rotatable bonds is 6. The van der Waals surface area contributed by atoms with Gasteiger partial charge in [-0.25, -0.2) is 0 Å². The Kier molecular flexibility index (Phi) is 6.01. The highest BCUT2D eigenvalue weighted by Gasteiger charge is 2.30. The largest absolute Gasteiger partial charge is 0.486 e. The second-order valence-electron chi connectivity index (χ2n) is 6.75. The molecule has 6 nitrogen and oxygen atoms in total. The number of nitrogens with zero attached hydrogens (tertiary/aromatic N) is 1. The highest BCUT2D eigenvalue weighted by atomic mass is 32.1. The molecule has 2 amide bonds. The van der Waals surface area contributed by atoms with Crippen LogP contribution in [0.1, 0.15) is 25.6 Å². The lowest BCUT2D eigenvalue weighted by molar-refractivity contribution is -0.127. The van der Waals surface area contributed by atoms with Crippen LogP contribution in [0.3, 0.4) is 0 Å². The van der Waals surface area contributed by atoms with E-state index in [1.165, 1.54) is 6.92 Å². The summed E-state index contributed by atoms with van der Waals surface area (Å²) in [5, 5.41) is 4.77. The highest BCUT2D eigenvalue weighted by molar-refractivity contribution is 7.09. The van der Waals surface area contributed by atoms with Gasteiger partial charge in [0.15, 0.2) is 11.5 Å². The summed E-state index contributed by atoms with van der Waals surface area (Å²) < 4.78 is 11.3. The van der Waals surface area contributed by atoms with Crippen molar-refractivity contribution in [3.05, 3.63) is 40.6 Å². The van der Waals surface area contributed by atoms with E-state index in [4.69, 9.17) is 9.47 Å². The van der Waals surface area contributed by atoms with E-state index >= 15 is 0 Å². The normalized spacial score (nSPS) is 13.9. The molecule has 1 N–H and O–H groups in total. The summed E-state index contributed by atoms with van der Waals surface area (Å²) in [6.07, 6.45) is 0. The molecule has 0 spiro atoms. The van der Waals surface area contributed by atoms with Gasteiger partial charge in [0.25, 0.3) is 0 Å². The fraction of sp³-hybridized carbons (Fsp3) is 0.400. The van der Waals surface area contributed by atoms with E-state index < -0.39 is 6.04 Å². The van der Waals surface area contributed by atoms with Crippen molar-refractivity contribution in [3.8, 4) is 11.5 Å². The number of amides is 2. The minimum absolute atomic E-state index is 0.0375. The fourth-order valence-corrected chi connectivity index (χ4v) is 3.65. The minimum atomic E-state index is -0.601. The minimum Gasteiger partial charge on any atom is -0.486 e. The van der Waals surface area contributed by atoms with Crippen molar-refractivity contribution in [2.75, 3.05) is 18.1 Å². The van der Waals surface area contributed by atoms with Crippen molar-refractivity contribution in [2.45, 2.75) is 33.4 Å². The predicted octanol–water partition coefficient (Wildman–Crippen LogP) is 3.21. The van der Waals surface area contributed by atoms with E-state index in [-0.39, 0.29) is 17.7 Å². The number of hydrogen-bond donors (Lipinski definition) is 1. The van der Waals surface area contributed by atoms with Gasteiger partial charge in [-0.3, -0.25) is 9.59 Å². The van der Waals surface area contributed by atoms with Crippen LogP contribution >= 0.6 is 11.3 Å². The van der Waals surface area contributed by atoms with Crippen LogP contribution in [-0.2, 0) is 16.1 Å².